The van der Waals surface area contributed by atoms with Gasteiger partial charge in [0.25, 0.3) is 0 Å². The van der Waals surface area contributed by atoms with E-state index in [1.807, 2.05) is 232 Å². The van der Waals surface area contributed by atoms with Crippen molar-refractivity contribution in [1.82, 2.24) is 24.7 Å². The Morgan fingerprint density at radius 2 is 0.889 bits per heavy atom. The van der Waals surface area contributed by atoms with Crippen molar-refractivity contribution in [2.45, 2.75) is 115 Å². The molecule has 23 rings (SSSR count). The Kier molecular flexibility index (Phi) is 20.1. The van der Waals surface area contributed by atoms with Gasteiger partial charge in [-0.15, -0.1) is 22.7 Å². The van der Waals surface area contributed by atoms with Crippen molar-refractivity contribution in [1.29, 1.82) is 5.26 Å². The average Bonchev–Trinajstić information content (AvgIpc) is 1.58. The van der Waals surface area contributed by atoms with Gasteiger partial charge < -0.3 is 50.0 Å². The van der Waals surface area contributed by atoms with Crippen LogP contribution in [0.4, 0.5) is 57.0 Å². The van der Waals surface area contributed by atoms with Crippen molar-refractivity contribution in [3.63, 3.8) is 0 Å². The second kappa shape index (κ2) is 30.8. The lowest BCUT2D eigenvalue weighted by molar-refractivity contribution is 0.0599. The SMILES string of the molecule is Cc1cc2c(cc1C)C(=O)[C@]1(O)CCN(c3ccc4ncsc4c3)C1=N2.Cc1cc2c(s1)C(=O)[C@]1(O)CCN(c3ccc(C#N)c(Cl)c3)C1=N2.Cc1cc2cc(N3CC[C@@]4(O)C(=O)c5cc(C)c(C)cc5N=C34)ccc2cn1.Cc1ccc2c(c1)C(=O)[C@]1(O)CCN(c3ccc4ncc(C)cc4c3)C1=N2.Cn1ncc2c1N=C1N(c3ccccc3)CC[C@@]1(O)C2=O. The fourth-order valence-electron chi connectivity index (χ4n) is 18.0. The van der Waals surface area contributed by atoms with Crippen LogP contribution in [0.5, 0.6) is 0 Å². The Bertz CT molecular complexity index is 7130. The van der Waals surface area contributed by atoms with Gasteiger partial charge in [0.2, 0.25) is 28.9 Å². The number of Topliss-reactive ketones (excluding diaryl/α,β-unsaturated/α-hetero) is 5. The number of hydrogen-bond donors (Lipinski definition) is 5. The van der Waals surface area contributed by atoms with E-state index in [1.165, 1.54) is 17.5 Å². The first kappa shape index (κ1) is 82.3. The number of fused-ring (bicyclic) bond motifs is 13. The number of carbonyl (C=O) groups excluding carboxylic acids is 5. The van der Waals surface area contributed by atoms with Crippen LogP contribution in [0, 0.1) is 66.7 Å². The van der Waals surface area contributed by atoms with E-state index in [2.05, 4.69) is 47.2 Å². The predicted molar refractivity (Wildman–Crippen MR) is 492 cm³/mol. The fourth-order valence-corrected chi connectivity index (χ4v) is 19.9. The topological polar surface area (TPSA) is 345 Å². The van der Waals surface area contributed by atoms with Crippen molar-refractivity contribution in [2.24, 2.45) is 32.0 Å². The average molecular weight is 1730 g/mol. The van der Waals surface area contributed by atoms with E-state index in [4.69, 9.17) is 26.8 Å². The Balaban J connectivity index is 0.000000103. The van der Waals surface area contributed by atoms with E-state index in [-0.39, 0.29) is 35.3 Å². The lowest BCUT2D eigenvalue weighted by atomic mass is 9.86. The number of aliphatic hydroxyl groups is 5. The predicted octanol–water partition coefficient (Wildman–Crippen LogP) is 16.3. The minimum absolute atomic E-state index is 0.248. The van der Waals surface area contributed by atoms with E-state index >= 15 is 0 Å². The number of hydrogen-bond acceptors (Lipinski definition) is 27. The van der Waals surface area contributed by atoms with Crippen molar-refractivity contribution >= 4 is 181 Å². The summed E-state index contributed by atoms with van der Waals surface area (Å²) in [5.74, 6) is 1.16. The van der Waals surface area contributed by atoms with Crippen LogP contribution in [-0.4, -0.2) is 169 Å². The molecular formula is C97H83ClN16O10S2. The molecule has 8 aromatic carbocycles. The molecule has 13 aromatic rings. The van der Waals surface area contributed by atoms with Crippen molar-refractivity contribution < 1.29 is 49.5 Å². The summed E-state index contributed by atoms with van der Waals surface area (Å²) in [7, 11) is 1.74. The summed E-state index contributed by atoms with van der Waals surface area (Å²) in [4.78, 5) is 112. The molecule has 15 heterocycles. The van der Waals surface area contributed by atoms with Crippen LogP contribution in [0.1, 0.15) is 133 Å². The third-order valence-corrected chi connectivity index (χ3v) is 27.4. The zero-order chi connectivity index (χ0) is 88.1. The molecule has 0 bridgehead atoms. The molecule has 0 aliphatic carbocycles. The third-order valence-electron chi connectivity index (χ3n) is 25.3. The summed E-state index contributed by atoms with van der Waals surface area (Å²) in [6, 6.07) is 53.9. The van der Waals surface area contributed by atoms with E-state index in [0.717, 1.165) is 98.6 Å². The van der Waals surface area contributed by atoms with Crippen LogP contribution >= 0.6 is 34.3 Å². The van der Waals surface area contributed by atoms with Gasteiger partial charge in [-0.2, -0.15) is 10.4 Å². The number of pyridine rings is 2. The monoisotopic (exact) mass is 1730 g/mol. The molecule has 10 aliphatic rings. The second-order valence-corrected chi connectivity index (χ2v) is 36.0. The lowest BCUT2D eigenvalue weighted by Crippen LogP contribution is -2.48. The van der Waals surface area contributed by atoms with Crippen LogP contribution in [0.3, 0.4) is 0 Å². The zero-order valence-electron chi connectivity index (χ0n) is 70.1. The number of anilines is 5. The molecule has 0 unspecified atom stereocenters. The fraction of sp³-hybridized carbons (Fsp3) is 0.247. The van der Waals surface area contributed by atoms with Crippen molar-refractivity contribution in [2.75, 3.05) is 57.2 Å². The van der Waals surface area contributed by atoms with E-state index < -0.39 is 28.0 Å². The number of nitrogens with zero attached hydrogens (tertiary/aromatic N) is 16. The van der Waals surface area contributed by atoms with Crippen LogP contribution in [0.25, 0.3) is 31.9 Å². The number of rotatable bonds is 5. The minimum atomic E-state index is -1.59. The van der Waals surface area contributed by atoms with Crippen LogP contribution < -0.4 is 24.5 Å². The smallest absolute Gasteiger partial charge is 0.214 e. The summed E-state index contributed by atoms with van der Waals surface area (Å²) in [5.41, 5.74) is 12.3. The molecule has 10 aliphatic heterocycles. The molecule has 0 radical (unpaired) electrons. The summed E-state index contributed by atoms with van der Waals surface area (Å²) in [6.07, 6.45) is 6.81. The highest BCUT2D eigenvalue weighted by Gasteiger charge is 2.58. The molecule has 0 spiro atoms. The van der Waals surface area contributed by atoms with Gasteiger partial charge in [0.05, 0.1) is 71.2 Å². The van der Waals surface area contributed by atoms with Gasteiger partial charge in [-0.3, -0.25) is 38.6 Å². The van der Waals surface area contributed by atoms with E-state index in [0.29, 0.717) is 160 Å². The molecular weight excluding hydrogens is 1650 g/mol. The number of nitriles is 1. The number of benzene rings is 8. The number of thiophene rings is 1. The Hall–Kier alpha value is -13.3. The molecule has 5 atom stereocenters. The van der Waals surface area contributed by atoms with Crippen LogP contribution in [-0.2, 0) is 7.05 Å². The molecule has 29 heteroatoms. The summed E-state index contributed by atoms with van der Waals surface area (Å²) in [5, 5.41) is 71.9. The molecule has 5 saturated heterocycles. The third kappa shape index (κ3) is 13.6. The highest BCUT2D eigenvalue weighted by molar-refractivity contribution is 7.16. The lowest BCUT2D eigenvalue weighted by Gasteiger charge is -2.30. The first-order chi connectivity index (χ1) is 60.3. The molecule has 5 fully saturated rings. The summed E-state index contributed by atoms with van der Waals surface area (Å²) in [6.45, 7) is 18.4. The van der Waals surface area contributed by atoms with Crippen molar-refractivity contribution in [3.05, 3.63) is 270 Å². The number of carbonyl (C=O) groups is 5. The number of aryl methyl sites for hydroxylation is 9. The Labute approximate surface area is 736 Å². The maximum atomic E-state index is 13.2. The first-order valence-corrected chi connectivity index (χ1v) is 43.4. The number of halogens is 1. The number of ketones is 5. The number of thiazole rings is 1. The Morgan fingerprint density at radius 3 is 1.47 bits per heavy atom. The Morgan fingerprint density at radius 1 is 0.405 bits per heavy atom. The highest BCUT2D eigenvalue weighted by Crippen LogP contribution is 2.48. The number of para-hydroxylation sites is 1. The van der Waals surface area contributed by atoms with Gasteiger partial charge in [-0.05, 0) is 222 Å². The standard InChI is InChI=1S/C23H21N3O2.C22H19N3O2.C20H17N3O2S.C17H12ClN3O2S.C15H14N4O2/c1-13-8-19-20(9-14(13)2)25-22-23(28,21(19)27)6-7-26(22)18-5-4-16-12-24-15(3)10-17(16)11-18;1-13-3-5-19-17(10-13)20(26)22(27)7-8-25(21(22)24-19)16-4-6-18-15(11-16)9-14(2)12-23-18;1-11-7-14-16(8-12(11)2)22-19-20(25,18(14)24)5-6-23(19)13-3-4-15-17(9-13)26-10-21-15;1-9-6-13-14(24-9)15(22)17(23)4-5-21(16(17)20-13)11-3-2-10(8-19)12(18)7-11;1-18-13-11(9-16-18)12(20)15(21)7-8-19(14(15)17-13)10-5-3-2-4-6-10/h4-5,8-12,28H,6-7H2,1-3H3;3-6,9-12,27H,7-8H2,1-2H3;3-4,7-10,25H,5-6H2,1-2H3;2-3,6-7,23H,4-5H2,1H3;2-6,9,21H,7-8H2,1H3/t23-;22-;20-;17-;15-/m11111/s1. The highest BCUT2D eigenvalue weighted by atomic mass is 35.5. The second-order valence-electron chi connectivity index (χ2n) is 33.5. The summed E-state index contributed by atoms with van der Waals surface area (Å²) < 4.78 is 2.63. The maximum Gasteiger partial charge on any atom is 0.214 e. The van der Waals surface area contributed by atoms with Gasteiger partial charge in [-0.25, -0.2) is 29.9 Å². The minimum Gasteiger partial charge on any atom is -0.374 e. The number of aliphatic imine (C=N–C) groups is 5. The molecule has 126 heavy (non-hydrogen) atoms. The van der Waals surface area contributed by atoms with Gasteiger partial charge in [0.1, 0.15) is 29.4 Å². The molecule has 630 valence electrons. The maximum absolute atomic E-state index is 13.2. The van der Waals surface area contributed by atoms with E-state index in [1.54, 1.807) is 46.2 Å². The molecule has 0 saturated carbocycles. The first-order valence-electron chi connectivity index (χ1n) is 41.3. The largest absolute Gasteiger partial charge is 0.374 e. The van der Waals surface area contributed by atoms with Crippen LogP contribution in [0.2, 0.25) is 5.02 Å². The van der Waals surface area contributed by atoms with Gasteiger partial charge >= 0.3 is 0 Å². The van der Waals surface area contributed by atoms with Gasteiger partial charge in [0.15, 0.2) is 39.7 Å². The van der Waals surface area contributed by atoms with Gasteiger partial charge in [-0.1, -0.05) is 47.5 Å². The van der Waals surface area contributed by atoms with Crippen molar-refractivity contribution in [3.8, 4) is 6.07 Å². The normalized spacial score (nSPS) is 21.8. The molecule has 5 N–H and O–H groups in total. The van der Waals surface area contributed by atoms with Crippen LogP contribution in [0.15, 0.2) is 213 Å². The number of aromatic nitrogens is 5. The summed E-state index contributed by atoms with van der Waals surface area (Å²) >= 11 is 9.05. The quantitative estimate of drug-likeness (QED) is 0.107. The molecule has 0 amide bonds. The zero-order valence-corrected chi connectivity index (χ0v) is 72.5. The van der Waals surface area contributed by atoms with E-state index in [9.17, 15) is 49.5 Å². The molecule has 5 aromatic heterocycles. The molecule has 26 nitrogen and oxygen atoms in total. The van der Waals surface area contributed by atoms with Gasteiger partial charge in [0, 0.05) is 151 Å². The number of amidine groups is 5.